The molecule has 0 fully saturated rings. The maximum Gasteiger partial charge on any atom is 0.204 e. The first kappa shape index (κ1) is 12.0. The van der Waals surface area contributed by atoms with Gasteiger partial charge in [-0.05, 0) is 6.92 Å². The third-order valence-corrected chi connectivity index (χ3v) is 2.19. The van der Waals surface area contributed by atoms with E-state index in [2.05, 4.69) is 16.0 Å². The van der Waals surface area contributed by atoms with E-state index in [1.165, 1.54) is 13.4 Å². The van der Waals surface area contributed by atoms with Gasteiger partial charge in [0.15, 0.2) is 11.6 Å². The number of aromatic nitrogens is 2. The fourth-order valence-corrected chi connectivity index (χ4v) is 1.40. The number of anilines is 2. The van der Waals surface area contributed by atoms with Crippen LogP contribution in [0.4, 0.5) is 11.6 Å². The molecule has 1 rings (SSSR count). The third kappa shape index (κ3) is 2.51. The van der Waals surface area contributed by atoms with Crippen LogP contribution in [-0.2, 0) is 0 Å². The molecule has 0 aromatic carbocycles. The van der Waals surface area contributed by atoms with E-state index < -0.39 is 0 Å². The molecule has 0 aliphatic heterocycles. The second kappa shape index (κ2) is 5.75. The van der Waals surface area contributed by atoms with Crippen molar-refractivity contribution in [2.75, 3.05) is 30.8 Å². The summed E-state index contributed by atoms with van der Waals surface area (Å²) in [7, 11) is 1.52. The fraction of sp³-hybridized carbons (Fsp3) is 0.500. The summed E-state index contributed by atoms with van der Waals surface area (Å²) < 4.78 is 5.16. The van der Waals surface area contributed by atoms with Crippen molar-refractivity contribution < 1.29 is 4.74 Å². The van der Waals surface area contributed by atoms with Crippen LogP contribution in [0.1, 0.15) is 13.3 Å². The number of nitrogen functional groups attached to an aromatic ring is 1. The summed E-state index contributed by atoms with van der Waals surface area (Å²) in [6.07, 6.45) is 1.82. The van der Waals surface area contributed by atoms with Crippen LogP contribution >= 0.6 is 0 Å². The van der Waals surface area contributed by atoms with Crippen molar-refractivity contribution in [1.29, 1.82) is 5.26 Å². The van der Waals surface area contributed by atoms with Gasteiger partial charge in [0, 0.05) is 13.1 Å². The quantitative estimate of drug-likeness (QED) is 0.791. The molecule has 1 aromatic rings. The van der Waals surface area contributed by atoms with E-state index in [-0.39, 0.29) is 0 Å². The highest BCUT2D eigenvalue weighted by Gasteiger charge is 2.15. The van der Waals surface area contributed by atoms with E-state index in [1.54, 1.807) is 0 Å². The Morgan fingerprint density at radius 1 is 1.56 bits per heavy atom. The molecule has 0 spiro atoms. The molecule has 0 aliphatic carbocycles. The van der Waals surface area contributed by atoms with Gasteiger partial charge < -0.3 is 15.4 Å². The second-order valence-corrected chi connectivity index (χ2v) is 3.10. The molecule has 1 aromatic heterocycles. The molecule has 0 saturated heterocycles. The molecule has 0 aliphatic rings. The molecule has 6 nitrogen and oxygen atoms in total. The molecular weight excluding hydrogens is 206 g/mol. The Balaban J connectivity index is 3.00. The summed E-state index contributed by atoms with van der Waals surface area (Å²) in [5, 5.41) is 8.57. The molecule has 0 saturated carbocycles. The summed E-state index contributed by atoms with van der Waals surface area (Å²) >= 11 is 0. The third-order valence-electron chi connectivity index (χ3n) is 2.19. The second-order valence-electron chi connectivity index (χ2n) is 3.10. The number of methoxy groups -OCH3 is 1. The van der Waals surface area contributed by atoms with Gasteiger partial charge in [0.25, 0.3) is 0 Å². The molecule has 16 heavy (non-hydrogen) atoms. The van der Waals surface area contributed by atoms with Gasteiger partial charge >= 0.3 is 0 Å². The lowest BCUT2D eigenvalue weighted by Crippen LogP contribution is -2.25. The molecule has 1 heterocycles. The minimum Gasteiger partial charge on any atom is -0.490 e. The lowest BCUT2D eigenvalue weighted by Gasteiger charge is -2.22. The summed E-state index contributed by atoms with van der Waals surface area (Å²) in [5.41, 5.74) is 5.69. The zero-order valence-electron chi connectivity index (χ0n) is 9.47. The first-order chi connectivity index (χ1) is 7.74. The standard InChI is InChI=1S/C10H15N5O/c1-3-15(6-4-5-11)10-8(16-2)9(12)13-7-14-10/h7H,3-4,6H2,1-2H3,(H2,12,13,14). The molecule has 0 atom stereocenters. The van der Waals surface area contributed by atoms with E-state index >= 15 is 0 Å². The van der Waals surface area contributed by atoms with E-state index in [4.69, 9.17) is 15.7 Å². The molecule has 6 heteroatoms. The van der Waals surface area contributed by atoms with Crippen molar-refractivity contribution in [3.05, 3.63) is 6.33 Å². The number of hydrogen-bond acceptors (Lipinski definition) is 6. The fourth-order valence-electron chi connectivity index (χ4n) is 1.40. The van der Waals surface area contributed by atoms with E-state index in [0.29, 0.717) is 30.4 Å². The summed E-state index contributed by atoms with van der Waals surface area (Å²) in [4.78, 5) is 9.92. The van der Waals surface area contributed by atoms with Gasteiger partial charge in [-0.3, -0.25) is 0 Å². The minimum atomic E-state index is 0.308. The van der Waals surface area contributed by atoms with Crippen LogP contribution in [0, 0.1) is 11.3 Å². The molecule has 0 radical (unpaired) electrons. The summed E-state index contributed by atoms with van der Waals surface area (Å²) in [6.45, 7) is 3.31. The average molecular weight is 221 g/mol. The van der Waals surface area contributed by atoms with Crippen LogP contribution < -0.4 is 15.4 Å². The molecule has 0 amide bonds. The van der Waals surface area contributed by atoms with Crippen LogP contribution in [-0.4, -0.2) is 30.2 Å². The number of rotatable bonds is 5. The molecule has 86 valence electrons. The number of nitrogens with two attached hydrogens (primary N) is 1. The van der Waals surface area contributed by atoms with Crippen molar-refractivity contribution >= 4 is 11.6 Å². The van der Waals surface area contributed by atoms with Crippen LogP contribution in [0.2, 0.25) is 0 Å². The maximum absolute atomic E-state index is 8.57. The van der Waals surface area contributed by atoms with Gasteiger partial charge in [0.1, 0.15) is 6.33 Å². The number of nitriles is 1. The number of ether oxygens (including phenoxy) is 1. The van der Waals surface area contributed by atoms with E-state index in [9.17, 15) is 0 Å². The van der Waals surface area contributed by atoms with Crippen LogP contribution in [0.25, 0.3) is 0 Å². The Hall–Kier alpha value is -2.03. The van der Waals surface area contributed by atoms with Crippen molar-refractivity contribution in [3.8, 4) is 11.8 Å². The molecule has 2 N–H and O–H groups in total. The maximum atomic E-state index is 8.57. The van der Waals surface area contributed by atoms with Gasteiger partial charge in [-0.15, -0.1) is 0 Å². The highest BCUT2D eigenvalue weighted by Crippen LogP contribution is 2.29. The van der Waals surface area contributed by atoms with Gasteiger partial charge in [-0.2, -0.15) is 5.26 Å². The molecular formula is C10H15N5O. The van der Waals surface area contributed by atoms with Crippen molar-refractivity contribution in [1.82, 2.24) is 9.97 Å². The summed E-state index contributed by atoms with van der Waals surface area (Å²) in [5.74, 6) is 1.40. The lowest BCUT2D eigenvalue weighted by molar-refractivity contribution is 0.413. The largest absolute Gasteiger partial charge is 0.490 e. The highest BCUT2D eigenvalue weighted by atomic mass is 16.5. The first-order valence-electron chi connectivity index (χ1n) is 5.00. The van der Waals surface area contributed by atoms with E-state index in [1.807, 2.05) is 11.8 Å². The summed E-state index contributed by atoms with van der Waals surface area (Å²) in [6, 6.07) is 2.10. The Kier molecular flexibility index (Phi) is 4.33. The molecule has 0 unspecified atom stereocenters. The highest BCUT2D eigenvalue weighted by molar-refractivity contribution is 5.62. The van der Waals surface area contributed by atoms with Gasteiger partial charge in [0.2, 0.25) is 5.75 Å². The SMILES string of the molecule is CCN(CCC#N)c1ncnc(N)c1OC. The van der Waals surface area contributed by atoms with Crippen molar-refractivity contribution in [3.63, 3.8) is 0 Å². The Morgan fingerprint density at radius 3 is 2.88 bits per heavy atom. The zero-order chi connectivity index (χ0) is 12.0. The smallest absolute Gasteiger partial charge is 0.204 e. The Bertz CT molecular complexity index is 387. The number of hydrogen-bond donors (Lipinski definition) is 1. The predicted octanol–water partition coefficient (Wildman–Crippen LogP) is 0.807. The van der Waals surface area contributed by atoms with Crippen molar-refractivity contribution in [2.45, 2.75) is 13.3 Å². The topological polar surface area (TPSA) is 88.1 Å². The zero-order valence-corrected chi connectivity index (χ0v) is 9.47. The van der Waals surface area contributed by atoms with Crippen LogP contribution in [0.3, 0.4) is 0 Å². The normalized spacial score (nSPS) is 9.56. The van der Waals surface area contributed by atoms with Gasteiger partial charge in [-0.25, -0.2) is 9.97 Å². The lowest BCUT2D eigenvalue weighted by atomic mass is 10.3. The minimum absolute atomic E-state index is 0.308. The van der Waals surface area contributed by atoms with Crippen LogP contribution in [0.15, 0.2) is 6.33 Å². The Morgan fingerprint density at radius 2 is 2.31 bits per heavy atom. The first-order valence-corrected chi connectivity index (χ1v) is 5.00. The Labute approximate surface area is 94.7 Å². The predicted molar refractivity (Wildman–Crippen MR) is 61.1 cm³/mol. The van der Waals surface area contributed by atoms with Gasteiger partial charge in [-0.1, -0.05) is 0 Å². The average Bonchev–Trinajstić information content (AvgIpc) is 2.30. The van der Waals surface area contributed by atoms with E-state index in [0.717, 1.165) is 6.54 Å². The van der Waals surface area contributed by atoms with Gasteiger partial charge in [0.05, 0.1) is 19.6 Å². The molecule has 0 bridgehead atoms. The number of nitrogens with zero attached hydrogens (tertiary/aromatic N) is 4. The van der Waals surface area contributed by atoms with Crippen molar-refractivity contribution in [2.24, 2.45) is 0 Å². The van der Waals surface area contributed by atoms with Crippen LogP contribution in [0.5, 0.6) is 5.75 Å². The monoisotopic (exact) mass is 221 g/mol.